The quantitative estimate of drug-likeness (QED) is 0.132. The third-order valence-electron chi connectivity index (χ3n) is 13.7. The number of nitrogens with zero attached hydrogens (tertiary/aromatic N) is 8. The van der Waals surface area contributed by atoms with E-state index in [0.29, 0.717) is 42.0 Å². The van der Waals surface area contributed by atoms with Gasteiger partial charge in [-0.05, 0) is 45.7 Å². The molecule has 5 aromatic rings. The zero-order valence-electron chi connectivity index (χ0n) is 44.3. The average Bonchev–Trinajstić information content (AvgIpc) is 3.15. The molecule has 5 aliphatic rings. The fourth-order valence-electron chi connectivity index (χ4n) is 10.0. The van der Waals surface area contributed by atoms with E-state index in [4.69, 9.17) is 19.9 Å². The van der Waals surface area contributed by atoms with Gasteiger partial charge in [0, 0.05) is 116 Å². The van der Waals surface area contributed by atoms with Gasteiger partial charge >= 0.3 is 18.4 Å². The van der Waals surface area contributed by atoms with Crippen molar-refractivity contribution in [2.45, 2.75) is 139 Å². The molecule has 2 aromatic carbocycles. The van der Waals surface area contributed by atoms with Crippen LogP contribution in [0.1, 0.15) is 90.7 Å². The molecule has 1 amide bonds. The van der Waals surface area contributed by atoms with Gasteiger partial charge in [-0.25, -0.2) is 56.4 Å². The monoisotopic (exact) mass is 1260 g/mol. The number of aromatic nitrogens is 6. The third-order valence-corrected chi connectivity index (χ3v) is 16.3. The summed E-state index contributed by atoms with van der Waals surface area (Å²) in [6.45, 7) is 5.65. The Balaban J connectivity index is 0.000000182. The van der Waals surface area contributed by atoms with Crippen LogP contribution in [0.5, 0.6) is 0 Å². The maximum absolute atomic E-state index is 14.7. The van der Waals surface area contributed by atoms with Gasteiger partial charge in [0.2, 0.25) is 0 Å². The summed E-state index contributed by atoms with van der Waals surface area (Å²) in [7, 11) is -10.6. The summed E-state index contributed by atoms with van der Waals surface area (Å²) in [5, 5.41) is 17.3. The van der Waals surface area contributed by atoms with Crippen molar-refractivity contribution >= 4 is 36.2 Å². The number of fused-ring (bicyclic) bond motifs is 3. The number of halogens is 12. The summed E-state index contributed by atoms with van der Waals surface area (Å²) in [6, 6.07) is -3.98. The van der Waals surface area contributed by atoms with E-state index < -0.39 is 155 Å². The van der Waals surface area contributed by atoms with Gasteiger partial charge in [-0.2, -0.15) is 53.9 Å². The highest BCUT2D eigenvalue weighted by Gasteiger charge is 2.56. The summed E-state index contributed by atoms with van der Waals surface area (Å²) in [4.78, 5) is 15.3. The molecule has 21 nitrogen and oxygen atoms in total. The number of alkyl carbamates (subject to hydrolysis) is 1. The molecule has 0 radical (unpaired) electrons. The van der Waals surface area contributed by atoms with Gasteiger partial charge < -0.3 is 30.6 Å². The lowest BCUT2D eigenvalue weighted by Crippen LogP contribution is -2.59. The Hall–Kier alpha value is -5.89. The van der Waals surface area contributed by atoms with E-state index >= 15 is 0 Å². The molecule has 458 valence electrons. The first kappa shape index (κ1) is 63.1. The van der Waals surface area contributed by atoms with E-state index in [9.17, 15) is 82.7 Å². The van der Waals surface area contributed by atoms with Crippen molar-refractivity contribution in [2.24, 2.45) is 5.73 Å². The van der Waals surface area contributed by atoms with Crippen LogP contribution in [-0.2, 0) is 83.5 Å². The first-order chi connectivity index (χ1) is 38.2. The van der Waals surface area contributed by atoms with Gasteiger partial charge in [0.25, 0.3) is 30.1 Å². The van der Waals surface area contributed by atoms with Crippen LogP contribution in [-0.4, -0.2) is 142 Å². The molecule has 3 aromatic heterocycles. The lowest BCUT2D eigenvalue weighted by atomic mass is 9.88. The van der Waals surface area contributed by atoms with Crippen molar-refractivity contribution in [1.82, 2.24) is 48.0 Å². The minimum atomic E-state index is -4.98. The van der Waals surface area contributed by atoms with Crippen LogP contribution in [0, 0.1) is 34.9 Å². The second-order valence-electron chi connectivity index (χ2n) is 21.3. The van der Waals surface area contributed by atoms with Crippen molar-refractivity contribution in [1.29, 1.82) is 0 Å². The van der Waals surface area contributed by atoms with Crippen molar-refractivity contribution in [3.05, 3.63) is 123 Å². The second kappa shape index (κ2) is 22.8. The number of hydrogen-bond acceptors (Lipinski definition) is 17. The number of alkyl halides is 6. The van der Waals surface area contributed by atoms with Gasteiger partial charge in [-0.3, -0.25) is 9.80 Å². The summed E-state index contributed by atoms with van der Waals surface area (Å²) < 4.78 is 255. The summed E-state index contributed by atoms with van der Waals surface area (Å²) in [5.41, 5.74) is 6.87. The smallest absolute Gasteiger partial charge is 0.416 e. The summed E-state index contributed by atoms with van der Waals surface area (Å²) >= 11 is 0. The lowest BCUT2D eigenvalue weighted by Gasteiger charge is -2.45. The second-order valence-corrected chi connectivity index (χ2v) is 26.8. The number of carbonyl (C=O) groups excluding carboxylic acids is 1. The number of nitrogens with one attached hydrogen (secondary N) is 2. The maximum atomic E-state index is 14.7. The molecule has 36 heteroatoms. The Morgan fingerprint density at radius 2 is 0.988 bits per heavy atom. The van der Waals surface area contributed by atoms with Crippen LogP contribution in [0.4, 0.5) is 57.5 Å². The lowest BCUT2D eigenvalue weighted by molar-refractivity contribution is -0.270. The fourth-order valence-corrected chi connectivity index (χ4v) is 11.7. The minimum Gasteiger partial charge on any atom is -0.444 e. The van der Waals surface area contributed by atoms with Crippen LogP contribution in [0.3, 0.4) is 0 Å². The molecule has 0 spiro atoms. The highest BCUT2D eigenvalue weighted by atomic mass is 32.2. The number of ether oxygens (including phenoxy) is 3. The van der Waals surface area contributed by atoms with Crippen molar-refractivity contribution in [3.63, 3.8) is 0 Å². The van der Waals surface area contributed by atoms with Crippen molar-refractivity contribution < 1.29 is 96.9 Å². The Morgan fingerprint density at radius 3 is 1.40 bits per heavy atom. The molecule has 10 rings (SSSR count). The SMILES string of the molecule is CC(C)(C)OC(=O)N[C@H]1C[C@@H](N2Cc3cn(S(C)(=O)=O)nc3C2)[C@@H](C(F)(F)F)O[C@@H]1c1cc(F)c(F)cc1F.CS(=O)(=O)n1cc2c(n1)CN([C@@H]1C[C@H](N)[C@@H](c3cc(F)c(F)cc3F)O[C@@H]1C(F)(F)F)C2.CS(=O)(=O)n1cc2c(n1)CNC2. The van der Waals surface area contributed by atoms with Gasteiger partial charge in [0.15, 0.2) is 35.5 Å². The topological polar surface area (TPSA) is 257 Å². The van der Waals surface area contributed by atoms with E-state index in [2.05, 4.69) is 25.9 Å². The highest BCUT2D eigenvalue weighted by Crippen LogP contribution is 2.45. The molecule has 5 aliphatic heterocycles. The molecule has 83 heavy (non-hydrogen) atoms. The number of hydrogen-bond donors (Lipinski definition) is 3. The zero-order chi connectivity index (χ0) is 61.4. The molecule has 0 saturated carbocycles. The molecule has 8 heterocycles. The largest absolute Gasteiger partial charge is 0.444 e. The molecule has 8 atom stereocenters. The van der Waals surface area contributed by atoms with Crippen LogP contribution >= 0.6 is 0 Å². The predicted molar refractivity (Wildman–Crippen MR) is 264 cm³/mol. The predicted octanol–water partition coefficient (Wildman–Crippen LogP) is 5.28. The van der Waals surface area contributed by atoms with Gasteiger partial charge in [0.05, 0.1) is 41.9 Å². The minimum absolute atomic E-state index is 0.0254. The van der Waals surface area contributed by atoms with E-state index in [1.807, 2.05) is 0 Å². The average molecular weight is 1260 g/mol. The van der Waals surface area contributed by atoms with Crippen LogP contribution < -0.4 is 16.4 Å². The first-order valence-corrected chi connectivity index (χ1v) is 30.2. The van der Waals surface area contributed by atoms with E-state index in [1.165, 1.54) is 22.2 Å². The maximum Gasteiger partial charge on any atom is 0.416 e. The van der Waals surface area contributed by atoms with Gasteiger partial charge in [-0.15, -0.1) is 0 Å². The number of amides is 1. The van der Waals surface area contributed by atoms with Crippen molar-refractivity contribution in [3.8, 4) is 0 Å². The number of benzene rings is 2. The molecule has 4 N–H and O–H groups in total. The number of carbonyl (C=O) groups is 1. The Morgan fingerprint density at radius 1 is 0.590 bits per heavy atom. The molecule has 0 unspecified atom stereocenters. The Bertz CT molecular complexity index is 3560. The van der Waals surface area contributed by atoms with E-state index in [-0.39, 0.29) is 50.4 Å². The van der Waals surface area contributed by atoms with Crippen LogP contribution in [0.2, 0.25) is 0 Å². The number of rotatable bonds is 8. The molecular formula is C47H53F12N11O10S3. The highest BCUT2D eigenvalue weighted by molar-refractivity contribution is 7.89. The molecule has 2 fully saturated rings. The fraction of sp³-hybridized carbons (Fsp3) is 0.532. The normalized spacial score (nSPS) is 24.3. The van der Waals surface area contributed by atoms with E-state index in [0.717, 1.165) is 42.3 Å². The van der Waals surface area contributed by atoms with Gasteiger partial charge in [0.1, 0.15) is 29.4 Å². The number of nitrogens with two attached hydrogens (primary N) is 1. The molecule has 0 bridgehead atoms. The first-order valence-electron chi connectivity index (χ1n) is 24.7. The molecular weight excluding hydrogens is 1200 g/mol. The molecule has 2 saturated heterocycles. The van der Waals surface area contributed by atoms with E-state index in [1.54, 1.807) is 27.0 Å². The Labute approximate surface area is 466 Å². The standard InChI is InChI=1S/C23H26F6N4O5S.C18H18F6N4O3S.C6H9N3O2S/c1-22(2,3)38-21(34)30-16-7-18(32-8-11-9-33(39(4,35)36)31-17(11)10-32)20(23(27,28)29)37-19(16)12-5-14(25)15(26)6-13(12)24;1-32(29,30)28-6-8-5-27(7-14(8)26-28)15-4-13(25)16(31-17(15)18(22,23)24)9-2-11(20)12(21)3-10(9)19;1-12(10,11)9-4-5-2-7-3-6(5)8-9/h5-6,9,16,18-20H,7-8,10H2,1-4H3,(H,30,34);2-3,6,13,15-17H,4-5,7,25H2,1H3;4,7H,2-3H2,1H3/t16-,18+,19+,20-;13-,15+,16+,17-;/m00./s1. The third kappa shape index (κ3) is 14.3. The van der Waals surface area contributed by atoms with Crippen molar-refractivity contribution in [2.75, 3.05) is 18.8 Å². The van der Waals surface area contributed by atoms with Crippen LogP contribution in [0.15, 0.2) is 42.9 Å². The van der Waals surface area contributed by atoms with Crippen LogP contribution in [0.25, 0.3) is 0 Å². The summed E-state index contributed by atoms with van der Waals surface area (Å²) in [6.07, 6.45) is -13.1. The molecule has 0 aliphatic carbocycles. The Kier molecular flexibility index (Phi) is 17.4. The summed E-state index contributed by atoms with van der Waals surface area (Å²) in [5.74, 6) is -8.60. The van der Waals surface area contributed by atoms with Gasteiger partial charge in [-0.1, -0.05) is 0 Å². The zero-order valence-corrected chi connectivity index (χ0v) is 46.8.